The van der Waals surface area contributed by atoms with Crippen LogP contribution in [-0.4, -0.2) is 22.3 Å². The van der Waals surface area contributed by atoms with Gasteiger partial charge in [-0.25, -0.2) is 0 Å². The third-order valence-electron chi connectivity index (χ3n) is 4.30. The molecule has 0 unspecified atom stereocenters. The van der Waals surface area contributed by atoms with E-state index in [1.807, 2.05) is 18.2 Å². The Morgan fingerprint density at radius 3 is 1.86 bits per heavy atom. The lowest BCUT2D eigenvalue weighted by atomic mass is 9.90. The maximum atomic E-state index is 12.4. The summed E-state index contributed by atoms with van der Waals surface area (Å²) in [6.45, 7) is 0. The van der Waals surface area contributed by atoms with E-state index < -0.39 is 5.60 Å². The average molecular weight is 294 g/mol. The zero-order valence-corrected chi connectivity index (χ0v) is 12.3. The Balaban J connectivity index is 1.81. The van der Waals surface area contributed by atoms with Crippen LogP contribution in [0.15, 0.2) is 54.6 Å². The summed E-state index contributed by atoms with van der Waals surface area (Å²) >= 11 is 0. The predicted molar refractivity (Wildman–Crippen MR) is 84.1 cm³/mol. The molecule has 22 heavy (non-hydrogen) atoms. The third kappa shape index (κ3) is 2.72. The molecule has 0 aromatic heterocycles. The number of rotatable bonds is 4. The van der Waals surface area contributed by atoms with Gasteiger partial charge in [-0.3, -0.25) is 9.59 Å². The number of aliphatic hydroxyl groups is 1. The average Bonchev–Trinajstić information content (AvgIpc) is 3.02. The molecule has 3 rings (SSSR count). The van der Waals surface area contributed by atoms with Gasteiger partial charge in [-0.05, 0) is 25.7 Å². The number of hydrogen-bond acceptors (Lipinski definition) is 3. The number of benzene rings is 2. The molecule has 0 bridgehead atoms. The normalized spacial score (nSPS) is 16.4. The summed E-state index contributed by atoms with van der Waals surface area (Å²) in [6, 6.07) is 15.6. The van der Waals surface area contributed by atoms with Crippen molar-refractivity contribution in [3.8, 4) is 0 Å². The molecule has 1 aliphatic rings. The molecule has 1 saturated carbocycles. The van der Waals surface area contributed by atoms with Gasteiger partial charge in [0.25, 0.3) is 0 Å². The van der Waals surface area contributed by atoms with Crippen LogP contribution in [0.3, 0.4) is 0 Å². The van der Waals surface area contributed by atoms with Crippen LogP contribution in [0.4, 0.5) is 0 Å². The van der Waals surface area contributed by atoms with E-state index in [-0.39, 0.29) is 11.6 Å². The smallest absolute Gasteiger partial charge is 0.194 e. The van der Waals surface area contributed by atoms with Gasteiger partial charge in [-0.1, -0.05) is 54.6 Å². The first-order chi connectivity index (χ1) is 10.6. The molecule has 2 aromatic rings. The molecule has 1 fully saturated rings. The Morgan fingerprint density at radius 2 is 1.27 bits per heavy atom. The van der Waals surface area contributed by atoms with E-state index in [9.17, 15) is 14.7 Å². The van der Waals surface area contributed by atoms with Gasteiger partial charge in [-0.2, -0.15) is 0 Å². The first-order valence-corrected chi connectivity index (χ1v) is 7.57. The minimum Gasteiger partial charge on any atom is -0.382 e. The molecule has 2 aromatic carbocycles. The van der Waals surface area contributed by atoms with E-state index in [0.717, 1.165) is 12.8 Å². The van der Waals surface area contributed by atoms with Crippen molar-refractivity contribution in [2.24, 2.45) is 0 Å². The summed E-state index contributed by atoms with van der Waals surface area (Å²) in [4.78, 5) is 24.7. The van der Waals surface area contributed by atoms with Gasteiger partial charge in [0.15, 0.2) is 11.6 Å². The molecule has 0 radical (unpaired) electrons. The maximum Gasteiger partial charge on any atom is 0.194 e. The predicted octanol–water partition coefficient (Wildman–Crippen LogP) is 3.41. The summed E-state index contributed by atoms with van der Waals surface area (Å²) in [5.41, 5.74) is 0.413. The van der Waals surface area contributed by atoms with Gasteiger partial charge in [-0.15, -0.1) is 0 Å². The molecule has 0 amide bonds. The largest absolute Gasteiger partial charge is 0.382 e. The van der Waals surface area contributed by atoms with Crippen LogP contribution < -0.4 is 0 Å². The zero-order valence-electron chi connectivity index (χ0n) is 12.3. The number of Topliss-reactive ketones (excluding diaryl/α,β-unsaturated/α-hetero) is 1. The second-order valence-electron chi connectivity index (χ2n) is 5.84. The SMILES string of the molecule is O=C(c1ccccc1)c1ccc(C(=O)C2(O)CCCC2)cc1. The number of ketones is 2. The van der Waals surface area contributed by atoms with Crippen molar-refractivity contribution in [2.75, 3.05) is 0 Å². The molecule has 1 N–H and O–H groups in total. The molecule has 0 saturated heterocycles. The molecule has 0 spiro atoms. The van der Waals surface area contributed by atoms with Crippen molar-refractivity contribution in [3.63, 3.8) is 0 Å². The molecule has 112 valence electrons. The van der Waals surface area contributed by atoms with Crippen molar-refractivity contribution < 1.29 is 14.7 Å². The van der Waals surface area contributed by atoms with Crippen LogP contribution in [0.1, 0.15) is 52.0 Å². The summed E-state index contributed by atoms with van der Waals surface area (Å²) in [7, 11) is 0. The van der Waals surface area contributed by atoms with Crippen LogP contribution in [0.5, 0.6) is 0 Å². The van der Waals surface area contributed by atoms with E-state index in [1.165, 1.54) is 0 Å². The molecule has 1 aliphatic carbocycles. The fourth-order valence-corrected chi connectivity index (χ4v) is 2.98. The highest BCUT2D eigenvalue weighted by atomic mass is 16.3. The molecule has 0 atom stereocenters. The number of hydrogen-bond donors (Lipinski definition) is 1. The minimum atomic E-state index is -1.22. The van der Waals surface area contributed by atoms with Crippen LogP contribution >= 0.6 is 0 Å². The summed E-state index contributed by atoms with van der Waals surface area (Å²) in [5.74, 6) is -0.303. The van der Waals surface area contributed by atoms with Gasteiger partial charge >= 0.3 is 0 Å². The van der Waals surface area contributed by atoms with E-state index >= 15 is 0 Å². The monoisotopic (exact) mass is 294 g/mol. The lowest BCUT2D eigenvalue weighted by molar-refractivity contribution is 0.0353. The summed E-state index contributed by atoms with van der Waals surface area (Å²) in [6.07, 6.45) is 2.81. The zero-order chi connectivity index (χ0) is 15.6. The van der Waals surface area contributed by atoms with Crippen molar-refractivity contribution in [1.29, 1.82) is 0 Å². The Labute approximate surface area is 129 Å². The molecular formula is C19H18O3. The van der Waals surface area contributed by atoms with E-state index in [4.69, 9.17) is 0 Å². The standard InChI is InChI=1S/C19H18O3/c20-17(14-6-2-1-3-7-14)15-8-10-16(11-9-15)18(21)19(22)12-4-5-13-19/h1-3,6-11,22H,4-5,12-13H2. The Morgan fingerprint density at radius 1 is 0.773 bits per heavy atom. The lowest BCUT2D eigenvalue weighted by Crippen LogP contribution is -2.35. The van der Waals surface area contributed by atoms with Crippen molar-refractivity contribution in [1.82, 2.24) is 0 Å². The van der Waals surface area contributed by atoms with E-state index in [0.29, 0.717) is 29.5 Å². The topological polar surface area (TPSA) is 54.4 Å². The quantitative estimate of drug-likeness (QED) is 0.879. The van der Waals surface area contributed by atoms with Gasteiger partial charge < -0.3 is 5.11 Å². The third-order valence-corrected chi connectivity index (χ3v) is 4.30. The van der Waals surface area contributed by atoms with Gasteiger partial charge in [0.2, 0.25) is 0 Å². The van der Waals surface area contributed by atoms with Crippen molar-refractivity contribution >= 4 is 11.6 Å². The van der Waals surface area contributed by atoms with E-state index in [2.05, 4.69) is 0 Å². The first-order valence-electron chi connectivity index (χ1n) is 7.57. The Kier molecular flexibility index (Phi) is 3.90. The summed E-state index contributed by atoms with van der Waals surface area (Å²) in [5, 5.41) is 10.4. The van der Waals surface area contributed by atoms with Crippen LogP contribution in [0, 0.1) is 0 Å². The maximum absolute atomic E-state index is 12.4. The Hall–Kier alpha value is -2.26. The fraction of sp³-hybridized carbons (Fsp3) is 0.263. The minimum absolute atomic E-state index is 0.0702. The van der Waals surface area contributed by atoms with Gasteiger partial charge in [0.05, 0.1) is 0 Å². The van der Waals surface area contributed by atoms with Gasteiger partial charge in [0, 0.05) is 16.7 Å². The highest BCUT2D eigenvalue weighted by molar-refractivity contribution is 6.10. The first kappa shape index (κ1) is 14.7. The highest BCUT2D eigenvalue weighted by Crippen LogP contribution is 2.32. The fourth-order valence-electron chi connectivity index (χ4n) is 2.98. The molecule has 0 aliphatic heterocycles. The molecule has 0 heterocycles. The lowest BCUT2D eigenvalue weighted by Gasteiger charge is -2.20. The second kappa shape index (κ2) is 5.85. The Bertz CT molecular complexity index is 680. The van der Waals surface area contributed by atoms with Crippen molar-refractivity contribution in [2.45, 2.75) is 31.3 Å². The molecule has 3 heteroatoms. The molecule has 3 nitrogen and oxygen atoms in total. The van der Waals surface area contributed by atoms with Crippen LogP contribution in [-0.2, 0) is 0 Å². The van der Waals surface area contributed by atoms with Crippen molar-refractivity contribution in [3.05, 3.63) is 71.3 Å². The second-order valence-corrected chi connectivity index (χ2v) is 5.84. The van der Waals surface area contributed by atoms with Crippen LogP contribution in [0.2, 0.25) is 0 Å². The van der Waals surface area contributed by atoms with Crippen LogP contribution in [0.25, 0.3) is 0 Å². The number of carbonyl (C=O) groups excluding carboxylic acids is 2. The van der Waals surface area contributed by atoms with E-state index in [1.54, 1.807) is 36.4 Å². The van der Waals surface area contributed by atoms with Gasteiger partial charge in [0.1, 0.15) is 5.60 Å². The molecular weight excluding hydrogens is 276 g/mol. The number of carbonyl (C=O) groups is 2. The summed E-state index contributed by atoms with van der Waals surface area (Å²) < 4.78 is 0. The highest BCUT2D eigenvalue weighted by Gasteiger charge is 2.39.